The Morgan fingerprint density at radius 2 is 2.26 bits per heavy atom. The lowest BCUT2D eigenvalue weighted by molar-refractivity contribution is 0.109. The van der Waals surface area contributed by atoms with Gasteiger partial charge in [-0.2, -0.15) is 0 Å². The van der Waals surface area contributed by atoms with Gasteiger partial charge in [-0.3, -0.25) is 9.88 Å². The Hall–Kier alpha value is -0.970. The van der Waals surface area contributed by atoms with E-state index >= 15 is 0 Å². The highest BCUT2D eigenvalue weighted by atomic mass is 16.5. The van der Waals surface area contributed by atoms with E-state index in [4.69, 9.17) is 4.74 Å². The van der Waals surface area contributed by atoms with Crippen LogP contribution in [0.3, 0.4) is 0 Å². The lowest BCUT2D eigenvalue weighted by Gasteiger charge is -2.21. The van der Waals surface area contributed by atoms with Crippen LogP contribution >= 0.6 is 0 Å². The third-order valence-electron chi connectivity index (χ3n) is 3.60. The highest BCUT2D eigenvalue weighted by Gasteiger charge is 2.14. The summed E-state index contributed by atoms with van der Waals surface area (Å²) < 4.78 is 5.60. The van der Waals surface area contributed by atoms with Crippen LogP contribution in [-0.2, 0) is 11.3 Å². The number of hydrogen-bond donors (Lipinski definition) is 1. The fourth-order valence-corrected chi connectivity index (χ4v) is 2.40. The monoisotopic (exact) mass is 263 g/mol. The van der Waals surface area contributed by atoms with Gasteiger partial charge in [0.05, 0.1) is 6.10 Å². The van der Waals surface area contributed by atoms with Gasteiger partial charge in [-0.15, -0.1) is 0 Å². The standard InChI is InChI=1S/C15H25N3O/c1-2-18(13-14-5-7-16-8-6-14)10-9-17-12-15-4-3-11-19-15/h5-8,15,17H,2-4,9-13H2,1H3. The van der Waals surface area contributed by atoms with E-state index in [9.17, 15) is 0 Å². The number of ether oxygens (including phenoxy) is 1. The van der Waals surface area contributed by atoms with E-state index in [-0.39, 0.29) is 0 Å². The lowest BCUT2D eigenvalue weighted by Crippen LogP contribution is -2.35. The first kappa shape index (κ1) is 14.4. The second-order valence-corrected chi connectivity index (χ2v) is 5.06. The second kappa shape index (κ2) is 8.25. The molecular weight excluding hydrogens is 238 g/mol. The normalized spacial score (nSPS) is 19.2. The number of aromatic nitrogens is 1. The smallest absolute Gasteiger partial charge is 0.0700 e. The van der Waals surface area contributed by atoms with Crippen molar-refractivity contribution in [2.45, 2.75) is 32.4 Å². The van der Waals surface area contributed by atoms with Gasteiger partial charge in [0.1, 0.15) is 0 Å². The number of pyridine rings is 1. The van der Waals surface area contributed by atoms with Crippen LogP contribution in [-0.4, -0.2) is 48.8 Å². The Balaban J connectivity index is 1.62. The van der Waals surface area contributed by atoms with Gasteiger partial charge in [-0.1, -0.05) is 6.92 Å². The lowest BCUT2D eigenvalue weighted by atomic mass is 10.2. The molecule has 0 radical (unpaired) electrons. The summed E-state index contributed by atoms with van der Waals surface area (Å²) in [7, 11) is 0. The molecule has 0 amide bonds. The molecule has 2 heterocycles. The number of nitrogens with zero attached hydrogens (tertiary/aromatic N) is 2. The molecule has 0 bridgehead atoms. The van der Waals surface area contributed by atoms with Crippen molar-refractivity contribution in [1.82, 2.24) is 15.2 Å². The highest BCUT2D eigenvalue weighted by Crippen LogP contribution is 2.10. The molecule has 1 atom stereocenters. The Labute approximate surface area is 116 Å². The van der Waals surface area contributed by atoms with Crippen LogP contribution in [0.4, 0.5) is 0 Å². The average molecular weight is 263 g/mol. The molecule has 1 aromatic rings. The summed E-state index contributed by atoms with van der Waals surface area (Å²) in [6.45, 7) is 8.32. The predicted molar refractivity (Wildman–Crippen MR) is 77.0 cm³/mol. The SMILES string of the molecule is CCN(CCNCC1CCCO1)Cc1ccncc1. The fourth-order valence-electron chi connectivity index (χ4n) is 2.40. The van der Waals surface area contributed by atoms with E-state index in [0.717, 1.165) is 39.3 Å². The van der Waals surface area contributed by atoms with E-state index in [2.05, 4.69) is 34.3 Å². The number of likely N-dealkylation sites (N-methyl/N-ethyl adjacent to an activating group) is 1. The molecule has 0 saturated carbocycles. The minimum atomic E-state index is 0.440. The maximum absolute atomic E-state index is 5.60. The summed E-state index contributed by atoms with van der Waals surface area (Å²) in [4.78, 5) is 6.50. The quantitative estimate of drug-likeness (QED) is 0.724. The maximum Gasteiger partial charge on any atom is 0.0700 e. The van der Waals surface area contributed by atoms with Gasteiger partial charge in [0.25, 0.3) is 0 Å². The molecule has 2 rings (SSSR count). The summed E-state index contributed by atoms with van der Waals surface area (Å²) in [5, 5.41) is 3.50. The molecule has 4 heteroatoms. The highest BCUT2D eigenvalue weighted by molar-refractivity contribution is 5.09. The van der Waals surface area contributed by atoms with E-state index < -0.39 is 0 Å². The van der Waals surface area contributed by atoms with Crippen LogP contribution in [0.15, 0.2) is 24.5 Å². The minimum absolute atomic E-state index is 0.440. The van der Waals surface area contributed by atoms with Gasteiger partial charge in [-0.05, 0) is 37.1 Å². The number of hydrogen-bond acceptors (Lipinski definition) is 4. The molecule has 4 nitrogen and oxygen atoms in total. The predicted octanol–water partition coefficient (Wildman–Crippen LogP) is 1.67. The molecule has 0 aliphatic carbocycles. The Kier molecular flexibility index (Phi) is 6.27. The van der Waals surface area contributed by atoms with E-state index in [1.165, 1.54) is 18.4 Å². The van der Waals surface area contributed by atoms with Gasteiger partial charge in [0.2, 0.25) is 0 Å². The topological polar surface area (TPSA) is 37.4 Å². The minimum Gasteiger partial charge on any atom is -0.377 e. The third kappa shape index (κ3) is 5.27. The molecule has 1 aliphatic rings. The van der Waals surface area contributed by atoms with Crippen molar-refractivity contribution in [2.24, 2.45) is 0 Å². The van der Waals surface area contributed by atoms with E-state index in [0.29, 0.717) is 6.10 Å². The van der Waals surface area contributed by atoms with Crippen LogP contribution in [0.1, 0.15) is 25.3 Å². The third-order valence-corrected chi connectivity index (χ3v) is 3.60. The first-order valence-corrected chi connectivity index (χ1v) is 7.32. The first-order chi connectivity index (χ1) is 9.38. The summed E-state index contributed by atoms with van der Waals surface area (Å²) >= 11 is 0. The number of rotatable bonds is 8. The van der Waals surface area contributed by atoms with Crippen LogP contribution in [0.2, 0.25) is 0 Å². The molecule has 1 unspecified atom stereocenters. The molecule has 0 spiro atoms. The Bertz CT molecular complexity index is 339. The van der Waals surface area contributed by atoms with Crippen molar-refractivity contribution in [3.05, 3.63) is 30.1 Å². The van der Waals surface area contributed by atoms with Gasteiger partial charge in [-0.25, -0.2) is 0 Å². The summed E-state index contributed by atoms with van der Waals surface area (Å²) in [5.74, 6) is 0. The van der Waals surface area contributed by atoms with Gasteiger partial charge in [0, 0.05) is 45.2 Å². The first-order valence-electron chi connectivity index (χ1n) is 7.32. The summed E-state index contributed by atoms with van der Waals surface area (Å²) in [6, 6.07) is 4.17. The molecule has 106 valence electrons. The van der Waals surface area contributed by atoms with Gasteiger partial charge < -0.3 is 10.1 Å². The zero-order chi connectivity index (χ0) is 13.3. The molecule has 0 aromatic carbocycles. The van der Waals surface area contributed by atoms with Crippen molar-refractivity contribution in [3.8, 4) is 0 Å². The van der Waals surface area contributed by atoms with Gasteiger partial charge >= 0.3 is 0 Å². The molecule has 1 aliphatic heterocycles. The fraction of sp³-hybridized carbons (Fsp3) is 0.667. The van der Waals surface area contributed by atoms with Crippen molar-refractivity contribution >= 4 is 0 Å². The molecule has 1 saturated heterocycles. The van der Waals surface area contributed by atoms with E-state index in [1.807, 2.05) is 12.4 Å². The zero-order valence-electron chi connectivity index (χ0n) is 11.8. The van der Waals surface area contributed by atoms with Crippen molar-refractivity contribution in [2.75, 3.05) is 32.8 Å². The Morgan fingerprint density at radius 1 is 1.42 bits per heavy atom. The maximum atomic E-state index is 5.60. The Morgan fingerprint density at radius 3 is 2.95 bits per heavy atom. The van der Waals surface area contributed by atoms with Crippen molar-refractivity contribution in [3.63, 3.8) is 0 Å². The van der Waals surface area contributed by atoms with E-state index in [1.54, 1.807) is 0 Å². The second-order valence-electron chi connectivity index (χ2n) is 5.06. The van der Waals surface area contributed by atoms with Crippen LogP contribution in [0, 0.1) is 0 Å². The molecule has 1 aromatic heterocycles. The average Bonchev–Trinajstić information content (AvgIpc) is 2.96. The van der Waals surface area contributed by atoms with Crippen LogP contribution < -0.4 is 5.32 Å². The molecule has 19 heavy (non-hydrogen) atoms. The molecular formula is C15H25N3O. The molecule has 1 N–H and O–H groups in total. The van der Waals surface area contributed by atoms with Crippen LogP contribution in [0.25, 0.3) is 0 Å². The zero-order valence-corrected chi connectivity index (χ0v) is 11.8. The summed E-state index contributed by atoms with van der Waals surface area (Å²) in [5.41, 5.74) is 1.33. The van der Waals surface area contributed by atoms with Crippen LogP contribution in [0.5, 0.6) is 0 Å². The molecule has 1 fully saturated rings. The largest absolute Gasteiger partial charge is 0.377 e. The van der Waals surface area contributed by atoms with Crippen molar-refractivity contribution in [1.29, 1.82) is 0 Å². The summed E-state index contributed by atoms with van der Waals surface area (Å²) in [6.07, 6.45) is 6.59. The van der Waals surface area contributed by atoms with Gasteiger partial charge in [0.15, 0.2) is 0 Å². The number of nitrogens with one attached hydrogen (secondary N) is 1. The van der Waals surface area contributed by atoms with Crippen molar-refractivity contribution < 1.29 is 4.74 Å².